The summed E-state index contributed by atoms with van der Waals surface area (Å²) in [6.45, 7) is -0.266. The molecule has 3 amide bonds. The predicted octanol–water partition coefficient (Wildman–Crippen LogP) is 3.71. The Kier molecular flexibility index (Phi) is 5.39. The molecule has 0 unspecified atom stereocenters. The molecule has 8 nitrogen and oxygen atoms in total. The minimum Gasteiger partial charge on any atom is -0.467 e. The Morgan fingerprint density at radius 1 is 0.853 bits per heavy atom. The van der Waals surface area contributed by atoms with Crippen LogP contribution in [0.25, 0.3) is 10.8 Å². The predicted molar refractivity (Wildman–Crippen MR) is 122 cm³/mol. The molecule has 3 aromatic carbocycles. The van der Waals surface area contributed by atoms with Crippen LogP contribution in [-0.4, -0.2) is 30.3 Å². The Hall–Kier alpha value is -4.72. The van der Waals surface area contributed by atoms with Gasteiger partial charge in [0.05, 0.1) is 24.1 Å². The van der Waals surface area contributed by atoms with Crippen LogP contribution in [0.1, 0.15) is 36.8 Å². The molecular weight excluding hydrogens is 436 g/mol. The molecule has 5 rings (SSSR count). The van der Waals surface area contributed by atoms with Crippen LogP contribution >= 0.6 is 0 Å². The van der Waals surface area contributed by atoms with Crippen LogP contribution in [0.4, 0.5) is 5.69 Å². The zero-order valence-corrected chi connectivity index (χ0v) is 17.8. The summed E-state index contributed by atoms with van der Waals surface area (Å²) < 4.78 is 10.2. The summed E-state index contributed by atoms with van der Waals surface area (Å²) in [6, 6.07) is 19.9. The van der Waals surface area contributed by atoms with Crippen molar-refractivity contribution in [2.75, 3.05) is 11.5 Å². The Morgan fingerprint density at radius 3 is 2.15 bits per heavy atom. The Labute approximate surface area is 193 Å². The smallest absolute Gasteiger partial charge is 0.338 e. The number of amides is 3. The van der Waals surface area contributed by atoms with E-state index in [-0.39, 0.29) is 12.1 Å². The highest BCUT2D eigenvalue weighted by molar-refractivity contribution is 6.35. The van der Waals surface area contributed by atoms with Crippen molar-refractivity contribution in [1.29, 1.82) is 0 Å². The van der Waals surface area contributed by atoms with Crippen molar-refractivity contribution in [3.63, 3.8) is 0 Å². The molecule has 168 valence electrons. The molecule has 1 N–H and O–H groups in total. The molecule has 4 aromatic rings. The number of imide groups is 1. The number of carbonyl (C=O) groups is 4. The maximum Gasteiger partial charge on any atom is 0.338 e. The van der Waals surface area contributed by atoms with E-state index < -0.39 is 30.3 Å². The van der Waals surface area contributed by atoms with Gasteiger partial charge in [-0.1, -0.05) is 24.3 Å². The molecule has 0 atom stereocenters. The number of rotatable bonds is 6. The third-order valence-electron chi connectivity index (χ3n) is 5.51. The van der Waals surface area contributed by atoms with E-state index >= 15 is 0 Å². The fourth-order valence-corrected chi connectivity index (χ4v) is 3.88. The Balaban J connectivity index is 1.27. The average molecular weight is 454 g/mol. The van der Waals surface area contributed by atoms with Gasteiger partial charge in [-0.15, -0.1) is 0 Å². The van der Waals surface area contributed by atoms with Crippen LogP contribution in [0.2, 0.25) is 0 Å². The number of nitrogens with one attached hydrogen (secondary N) is 1. The highest BCUT2D eigenvalue weighted by Crippen LogP contribution is 2.32. The summed E-state index contributed by atoms with van der Waals surface area (Å²) >= 11 is 0. The van der Waals surface area contributed by atoms with Gasteiger partial charge in [0.2, 0.25) is 0 Å². The van der Waals surface area contributed by atoms with E-state index in [1.807, 2.05) is 12.1 Å². The number of benzene rings is 3. The lowest BCUT2D eigenvalue weighted by atomic mass is 9.94. The van der Waals surface area contributed by atoms with E-state index in [4.69, 9.17) is 9.15 Å². The van der Waals surface area contributed by atoms with Crippen molar-refractivity contribution in [2.45, 2.75) is 6.54 Å². The number of anilines is 1. The van der Waals surface area contributed by atoms with Gasteiger partial charge in [-0.2, -0.15) is 0 Å². The van der Waals surface area contributed by atoms with E-state index in [9.17, 15) is 19.2 Å². The first-order valence-corrected chi connectivity index (χ1v) is 10.5. The third-order valence-corrected chi connectivity index (χ3v) is 5.51. The van der Waals surface area contributed by atoms with Crippen molar-refractivity contribution in [2.24, 2.45) is 0 Å². The minimum atomic E-state index is -0.703. The minimum absolute atomic E-state index is 0.182. The van der Waals surface area contributed by atoms with Gasteiger partial charge in [0.15, 0.2) is 6.61 Å². The number of ether oxygens (including phenoxy) is 1. The van der Waals surface area contributed by atoms with E-state index in [0.717, 1.165) is 10.3 Å². The molecule has 0 saturated carbocycles. The highest BCUT2D eigenvalue weighted by Gasteiger charge is 2.33. The van der Waals surface area contributed by atoms with E-state index in [1.54, 1.807) is 36.4 Å². The van der Waals surface area contributed by atoms with Gasteiger partial charge in [-0.3, -0.25) is 14.4 Å². The van der Waals surface area contributed by atoms with Crippen molar-refractivity contribution in [1.82, 2.24) is 5.32 Å². The summed E-state index contributed by atoms with van der Waals surface area (Å²) in [5, 5.41) is 4.04. The number of hydrogen-bond acceptors (Lipinski definition) is 6. The number of nitrogens with zero attached hydrogens (tertiary/aromatic N) is 1. The van der Waals surface area contributed by atoms with Crippen molar-refractivity contribution >= 4 is 40.2 Å². The van der Waals surface area contributed by atoms with E-state index in [1.165, 1.54) is 30.5 Å². The number of carbonyl (C=O) groups excluding carboxylic acids is 4. The largest absolute Gasteiger partial charge is 0.467 e. The molecule has 2 heterocycles. The second-order valence-electron chi connectivity index (χ2n) is 7.63. The van der Waals surface area contributed by atoms with Crippen molar-refractivity contribution in [3.05, 3.63) is 102 Å². The first-order chi connectivity index (χ1) is 16.5. The fourth-order valence-electron chi connectivity index (χ4n) is 3.88. The molecule has 0 fully saturated rings. The normalized spacial score (nSPS) is 12.6. The van der Waals surface area contributed by atoms with Gasteiger partial charge in [-0.25, -0.2) is 9.69 Å². The first-order valence-electron chi connectivity index (χ1n) is 10.5. The van der Waals surface area contributed by atoms with Crippen molar-refractivity contribution < 1.29 is 28.3 Å². The maximum atomic E-state index is 13.1. The zero-order chi connectivity index (χ0) is 23.7. The molecule has 0 spiro atoms. The third kappa shape index (κ3) is 3.81. The average Bonchev–Trinajstić information content (AvgIpc) is 3.39. The summed E-state index contributed by atoms with van der Waals surface area (Å²) in [4.78, 5) is 51.5. The molecule has 1 aliphatic heterocycles. The highest BCUT2D eigenvalue weighted by atomic mass is 16.5. The molecule has 0 aliphatic carbocycles. The zero-order valence-electron chi connectivity index (χ0n) is 17.8. The van der Waals surface area contributed by atoms with E-state index in [0.29, 0.717) is 28.0 Å². The monoisotopic (exact) mass is 454 g/mol. The lowest BCUT2D eigenvalue weighted by Crippen LogP contribution is -2.40. The molecule has 34 heavy (non-hydrogen) atoms. The lowest BCUT2D eigenvalue weighted by molar-refractivity contribution is -0.124. The van der Waals surface area contributed by atoms with Crippen LogP contribution in [0.15, 0.2) is 83.5 Å². The Bertz CT molecular complexity index is 1370. The molecule has 0 radical (unpaired) electrons. The molecule has 0 bridgehead atoms. The van der Waals surface area contributed by atoms with Gasteiger partial charge in [0.25, 0.3) is 17.7 Å². The van der Waals surface area contributed by atoms with Crippen LogP contribution in [0.5, 0.6) is 0 Å². The SMILES string of the molecule is O=C(COC(=O)c1ccc(N2C(=O)c3cccc4cccc(c34)C2=O)cc1)NCc1ccco1. The van der Waals surface area contributed by atoms with Gasteiger partial charge >= 0.3 is 5.97 Å². The lowest BCUT2D eigenvalue weighted by Gasteiger charge is -2.27. The molecule has 1 aromatic heterocycles. The maximum absolute atomic E-state index is 13.1. The van der Waals surface area contributed by atoms with Gasteiger partial charge < -0.3 is 14.5 Å². The van der Waals surface area contributed by atoms with Crippen LogP contribution < -0.4 is 10.2 Å². The summed E-state index contributed by atoms with van der Waals surface area (Å²) in [6.07, 6.45) is 1.50. The second kappa shape index (κ2) is 8.67. The number of hydrogen-bond donors (Lipinski definition) is 1. The molecular formula is C26H18N2O6. The second-order valence-corrected chi connectivity index (χ2v) is 7.63. The number of furan rings is 1. The summed E-state index contributed by atoms with van der Waals surface area (Å²) in [7, 11) is 0. The van der Waals surface area contributed by atoms with E-state index in [2.05, 4.69) is 5.32 Å². The van der Waals surface area contributed by atoms with Crippen molar-refractivity contribution in [3.8, 4) is 0 Å². The van der Waals surface area contributed by atoms with Crippen LogP contribution in [0.3, 0.4) is 0 Å². The molecule has 8 heteroatoms. The summed E-state index contributed by atoms with van der Waals surface area (Å²) in [5.74, 6) is -1.46. The standard InChI is InChI=1S/C26H18N2O6/c29-22(27-14-19-6-3-13-33-19)15-34-26(32)17-9-11-18(12-10-17)28-24(30)20-7-1-4-16-5-2-8-21(23(16)20)25(28)31/h1-13H,14-15H2,(H,27,29). The fraction of sp³-hybridized carbons (Fsp3) is 0.0769. The first kappa shape index (κ1) is 21.1. The quantitative estimate of drug-likeness (QED) is 0.352. The van der Waals surface area contributed by atoms with Crippen LogP contribution in [0, 0.1) is 0 Å². The summed E-state index contributed by atoms with van der Waals surface area (Å²) in [5.41, 5.74) is 1.39. The van der Waals surface area contributed by atoms with Gasteiger partial charge in [-0.05, 0) is 53.9 Å². The molecule has 0 saturated heterocycles. The topological polar surface area (TPSA) is 106 Å². The van der Waals surface area contributed by atoms with Gasteiger partial charge in [0.1, 0.15) is 5.76 Å². The number of esters is 1. The van der Waals surface area contributed by atoms with Crippen LogP contribution in [-0.2, 0) is 16.1 Å². The molecule has 1 aliphatic rings. The van der Waals surface area contributed by atoms with Gasteiger partial charge in [0, 0.05) is 16.5 Å². The Morgan fingerprint density at radius 2 is 1.53 bits per heavy atom.